The highest BCUT2D eigenvalue weighted by atomic mass is 32.2. The minimum absolute atomic E-state index is 0.0985. The molecule has 0 amide bonds. The van der Waals surface area contributed by atoms with Gasteiger partial charge in [-0.25, -0.2) is 18.6 Å². The van der Waals surface area contributed by atoms with E-state index >= 15 is 4.39 Å². The lowest BCUT2D eigenvalue weighted by Gasteiger charge is -2.43. The molecule has 5 heterocycles. The van der Waals surface area contributed by atoms with Crippen molar-refractivity contribution < 1.29 is 8.60 Å². The Kier molecular flexibility index (Phi) is 7.99. The molecule has 1 saturated carbocycles. The predicted molar refractivity (Wildman–Crippen MR) is 179 cm³/mol. The summed E-state index contributed by atoms with van der Waals surface area (Å²) in [5.74, 6) is 1.01. The molecular formula is C33H42FN9OS. The average molecular weight is 632 g/mol. The molecule has 3 aromatic heterocycles. The molecule has 2 aliphatic heterocycles. The topological polar surface area (TPSA) is 94.8 Å². The maximum atomic E-state index is 15.8. The van der Waals surface area contributed by atoms with E-state index in [1.54, 1.807) is 35.4 Å². The standard InChI is InChI=1S/C33H42FN9OS/c1-22-20-24(10-11-27(22)42-14-12-25(13-15-42)41-18-16-40(2)17-19-41)36-33-35-21-26-30(34)31(23-8-9-23)43(32(26)38-33)29-7-5-6-28(37-29)39-45(3,4)44/h5-7,10-11,20-21,23,25H,8-9,12-19H2,1-4H3,(H,35,36,38). The van der Waals surface area contributed by atoms with Crippen LogP contribution in [0.15, 0.2) is 47.0 Å². The van der Waals surface area contributed by atoms with E-state index in [1.807, 2.05) is 6.07 Å². The van der Waals surface area contributed by atoms with Gasteiger partial charge in [-0.1, -0.05) is 6.07 Å². The number of piperidine rings is 1. The molecule has 3 aliphatic rings. The summed E-state index contributed by atoms with van der Waals surface area (Å²) < 4.78 is 34.2. The Labute approximate surface area is 264 Å². The molecule has 3 fully saturated rings. The third kappa shape index (κ3) is 6.41. The van der Waals surface area contributed by atoms with Crippen molar-refractivity contribution in [2.24, 2.45) is 4.36 Å². The van der Waals surface area contributed by atoms with E-state index in [2.05, 4.69) is 66.5 Å². The number of hydrogen-bond acceptors (Lipinski definition) is 9. The highest BCUT2D eigenvalue weighted by Gasteiger charge is 2.34. The molecule has 7 rings (SSSR count). The summed E-state index contributed by atoms with van der Waals surface area (Å²) in [7, 11) is -0.194. The van der Waals surface area contributed by atoms with E-state index in [1.165, 1.54) is 37.2 Å². The van der Waals surface area contributed by atoms with Crippen molar-refractivity contribution in [3.8, 4) is 5.82 Å². The molecule has 12 heteroatoms. The van der Waals surface area contributed by atoms with Crippen molar-refractivity contribution in [1.82, 2.24) is 29.3 Å². The lowest BCUT2D eigenvalue weighted by atomic mass is 10.0. The van der Waals surface area contributed by atoms with E-state index in [0.29, 0.717) is 40.4 Å². The lowest BCUT2D eigenvalue weighted by molar-refractivity contribution is 0.0982. The first kappa shape index (κ1) is 30.1. The number of aryl methyl sites for hydroxylation is 1. The van der Waals surface area contributed by atoms with Crippen LogP contribution in [-0.4, -0.2) is 98.4 Å². The number of hydrogen-bond donors (Lipinski definition) is 1. The zero-order chi connectivity index (χ0) is 31.3. The van der Waals surface area contributed by atoms with Crippen molar-refractivity contribution in [2.45, 2.75) is 44.6 Å². The first-order valence-electron chi connectivity index (χ1n) is 15.9. The molecule has 0 unspecified atom stereocenters. The van der Waals surface area contributed by atoms with Crippen LogP contribution in [0.5, 0.6) is 0 Å². The van der Waals surface area contributed by atoms with Crippen LogP contribution in [0.4, 0.5) is 27.5 Å². The average Bonchev–Trinajstić information content (AvgIpc) is 3.80. The second kappa shape index (κ2) is 12.0. The van der Waals surface area contributed by atoms with E-state index in [-0.39, 0.29) is 11.7 Å². The number of likely N-dealkylation sites (N-methyl/N-ethyl adjacent to an activating group) is 1. The highest BCUT2D eigenvalue weighted by Crippen LogP contribution is 2.45. The summed E-state index contributed by atoms with van der Waals surface area (Å²) in [6.45, 7) is 8.94. The van der Waals surface area contributed by atoms with Gasteiger partial charge >= 0.3 is 0 Å². The monoisotopic (exact) mass is 631 g/mol. The molecule has 45 heavy (non-hydrogen) atoms. The molecule has 10 nitrogen and oxygen atoms in total. The molecule has 0 atom stereocenters. The predicted octanol–water partition coefficient (Wildman–Crippen LogP) is 5.46. The summed E-state index contributed by atoms with van der Waals surface area (Å²) >= 11 is 0. The Morgan fingerprint density at radius 2 is 1.73 bits per heavy atom. The Bertz CT molecular complexity index is 1840. The molecule has 1 aromatic carbocycles. The number of nitrogens with one attached hydrogen (secondary N) is 1. The van der Waals surface area contributed by atoms with E-state index in [9.17, 15) is 4.21 Å². The number of benzene rings is 1. The summed E-state index contributed by atoms with van der Waals surface area (Å²) in [6.07, 6.45) is 8.89. The van der Waals surface area contributed by atoms with Gasteiger partial charge in [-0.3, -0.25) is 9.47 Å². The van der Waals surface area contributed by atoms with Crippen molar-refractivity contribution in [3.63, 3.8) is 0 Å². The van der Waals surface area contributed by atoms with Crippen LogP contribution in [0.1, 0.15) is 42.9 Å². The van der Waals surface area contributed by atoms with Gasteiger partial charge in [0.25, 0.3) is 0 Å². The molecule has 1 N–H and O–H groups in total. The number of rotatable bonds is 7. The lowest BCUT2D eigenvalue weighted by Crippen LogP contribution is -2.52. The maximum Gasteiger partial charge on any atom is 0.229 e. The van der Waals surface area contributed by atoms with Gasteiger partial charge < -0.3 is 15.1 Å². The summed E-state index contributed by atoms with van der Waals surface area (Å²) in [6, 6.07) is 12.4. The Balaban J connectivity index is 1.12. The smallest absolute Gasteiger partial charge is 0.229 e. The van der Waals surface area contributed by atoms with Gasteiger partial charge in [0.05, 0.1) is 11.1 Å². The molecule has 4 aromatic rings. The van der Waals surface area contributed by atoms with E-state index in [0.717, 1.165) is 44.7 Å². The molecule has 238 valence electrons. The molecule has 2 saturated heterocycles. The third-order valence-electron chi connectivity index (χ3n) is 9.22. The quantitative estimate of drug-likeness (QED) is 0.288. The zero-order valence-corrected chi connectivity index (χ0v) is 27.4. The van der Waals surface area contributed by atoms with Gasteiger partial charge in [-0.05, 0) is 75.5 Å². The minimum atomic E-state index is -2.40. The van der Waals surface area contributed by atoms with Crippen molar-refractivity contribution in [3.05, 3.63) is 59.7 Å². The van der Waals surface area contributed by atoms with E-state index in [4.69, 9.17) is 4.98 Å². The number of pyridine rings is 1. The molecule has 0 bridgehead atoms. The van der Waals surface area contributed by atoms with Gasteiger partial charge in [-0.2, -0.15) is 9.35 Å². The summed E-state index contributed by atoms with van der Waals surface area (Å²) in [5, 5.41) is 3.71. The van der Waals surface area contributed by atoms with Crippen LogP contribution in [0.3, 0.4) is 0 Å². The second-order valence-electron chi connectivity index (χ2n) is 13.1. The Morgan fingerprint density at radius 1 is 0.978 bits per heavy atom. The molecule has 0 spiro atoms. The largest absolute Gasteiger partial charge is 0.371 e. The third-order valence-corrected chi connectivity index (χ3v) is 9.85. The van der Waals surface area contributed by atoms with Crippen LogP contribution in [0, 0.1) is 12.7 Å². The van der Waals surface area contributed by atoms with E-state index < -0.39 is 9.73 Å². The van der Waals surface area contributed by atoms with Crippen LogP contribution in [0.2, 0.25) is 0 Å². The van der Waals surface area contributed by atoms with Crippen LogP contribution < -0.4 is 10.2 Å². The van der Waals surface area contributed by atoms with Crippen LogP contribution in [0.25, 0.3) is 16.9 Å². The fourth-order valence-electron chi connectivity index (χ4n) is 6.75. The Morgan fingerprint density at radius 3 is 2.42 bits per heavy atom. The number of nitrogens with zero attached hydrogens (tertiary/aromatic N) is 8. The first-order chi connectivity index (χ1) is 21.6. The number of fused-ring (bicyclic) bond motifs is 1. The van der Waals surface area contributed by atoms with Crippen LogP contribution >= 0.6 is 0 Å². The summed E-state index contributed by atoms with van der Waals surface area (Å²) in [4.78, 5) is 21.5. The molecular weight excluding hydrogens is 589 g/mol. The SMILES string of the molecule is Cc1cc(Nc2ncc3c(F)c(C4CC4)n(-c4cccc(N=S(C)(C)=O)n4)c3n2)ccc1N1CCC(N2CCN(C)CC2)CC1. The highest BCUT2D eigenvalue weighted by molar-refractivity contribution is 7.92. The number of anilines is 3. The Hall–Kier alpha value is -3.61. The summed E-state index contributed by atoms with van der Waals surface area (Å²) in [5.41, 5.74) is 4.34. The number of aromatic nitrogens is 4. The minimum Gasteiger partial charge on any atom is -0.371 e. The zero-order valence-electron chi connectivity index (χ0n) is 26.5. The first-order valence-corrected chi connectivity index (χ1v) is 18.2. The number of halogens is 1. The molecule has 0 radical (unpaired) electrons. The number of piperazine rings is 1. The van der Waals surface area contributed by atoms with Gasteiger partial charge in [0.2, 0.25) is 5.95 Å². The maximum absolute atomic E-state index is 15.8. The van der Waals surface area contributed by atoms with Gasteiger partial charge in [0.1, 0.15) is 5.82 Å². The van der Waals surface area contributed by atoms with Crippen molar-refractivity contribution in [2.75, 3.05) is 69.0 Å². The van der Waals surface area contributed by atoms with Gasteiger partial charge in [0.15, 0.2) is 17.3 Å². The fraction of sp³-hybridized carbons (Fsp3) is 0.485. The fourth-order valence-corrected chi connectivity index (χ4v) is 7.30. The second-order valence-corrected chi connectivity index (χ2v) is 15.6. The van der Waals surface area contributed by atoms with Crippen molar-refractivity contribution in [1.29, 1.82) is 0 Å². The van der Waals surface area contributed by atoms with Gasteiger partial charge in [0, 0.05) is 91.0 Å². The molecule has 1 aliphatic carbocycles. The van der Waals surface area contributed by atoms with Crippen LogP contribution in [-0.2, 0) is 9.73 Å². The van der Waals surface area contributed by atoms with Gasteiger partial charge in [-0.15, -0.1) is 0 Å². The van der Waals surface area contributed by atoms with Crippen molar-refractivity contribution >= 4 is 43.9 Å². The normalized spacial score (nSPS) is 18.9.